The number of hydrogen-bond acceptors (Lipinski definition) is 2. The van der Waals surface area contributed by atoms with Crippen molar-refractivity contribution in [1.29, 1.82) is 0 Å². The molecule has 0 aliphatic rings. The van der Waals surface area contributed by atoms with Crippen molar-refractivity contribution in [2.24, 2.45) is 5.73 Å². The molecule has 0 fully saturated rings. The van der Waals surface area contributed by atoms with E-state index in [0.717, 1.165) is 39.5 Å². The van der Waals surface area contributed by atoms with Crippen molar-refractivity contribution < 1.29 is 9.53 Å². The zero-order valence-electron chi connectivity index (χ0n) is 15.5. The van der Waals surface area contributed by atoms with E-state index in [1.165, 1.54) is 5.56 Å². The number of carbonyl (C=O) groups excluding carboxylic acids is 1. The average molecular weight is 357 g/mol. The van der Waals surface area contributed by atoms with Gasteiger partial charge in [-0.15, -0.1) is 0 Å². The van der Waals surface area contributed by atoms with Gasteiger partial charge in [0.1, 0.15) is 5.75 Å². The molecular weight excluding hydrogens is 336 g/mol. The lowest BCUT2D eigenvalue weighted by atomic mass is 10.0. The van der Waals surface area contributed by atoms with Crippen molar-refractivity contribution in [3.8, 4) is 5.75 Å². The second-order valence-corrected chi connectivity index (χ2v) is 6.58. The van der Waals surface area contributed by atoms with Crippen molar-refractivity contribution in [2.75, 3.05) is 7.11 Å². The first-order chi connectivity index (χ1) is 13.1. The predicted octanol–water partition coefficient (Wildman–Crippen LogP) is 4.31. The summed E-state index contributed by atoms with van der Waals surface area (Å²) in [5.74, 6) is 0.416. The number of rotatable bonds is 5. The molecule has 0 unspecified atom stereocenters. The molecule has 0 saturated carbocycles. The molecule has 0 bridgehead atoms. The molecule has 2 N–H and O–H groups in total. The van der Waals surface area contributed by atoms with Gasteiger partial charge >= 0.3 is 0 Å². The van der Waals surface area contributed by atoms with E-state index >= 15 is 0 Å². The van der Waals surface area contributed by atoms with Crippen molar-refractivity contribution in [2.45, 2.75) is 19.9 Å². The summed E-state index contributed by atoms with van der Waals surface area (Å²) in [7, 11) is 1.68. The Morgan fingerprint density at radius 1 is 1.15 bits per heavy atom. The second-order valence-electron chi connectivity index (χ2n) is 6.58. The molecule has 1 amide bonds. The van der Waals surface area contributed by atoms with Gasteiger partial charge in [-0.3, -0.25) is 4.79 Å². The SMILES string of the molecule is CCc1c[c]c2c3c(C(N)=O)cccc3n(Cc3ccccc3OC)c2c1. The van der Waals surface area contributed by atoms with Crippen LogP contribution in [0.2, 0.25) is 0 Å². The summed E-state index contributed by atoms with van der Waals surface area (Å²) in [4.78, 5) is 12.0. The molecule has 0 saturated heterocycles. The Labute approximate surface area is 158 Å². The molecule has 4 rings (SSSR count). The molecule has 0 aliphatic carbocycles. The fourth-order valence-electron chi connectivity index (χ4n) is 3.68. The van der Waals surface area contributed by atoms with Gasteiger partial charge in [0, 0.05) is 21.9 Å². The largest absolute Gasteiger partial charge is 0.496 e. The van der Waals surface area contributed by atoms with Crippen LogP contribution in [0.15, 0.2) is 54.6 Å². The van der Waals surface area contributed by atoms with E-state index in [1.54, 1.807) is 13.2 Å². The number of hydrogen-bond donors (Lipinski definition) is 1. The lowest BCUT2D eigenvalue weighted by molar-refractivity contribution is 0.100. The number of aryl methyl sites for hydroxylation is 1. The summed E-state index contributed by atoms with van der Waals surface area (Å²) in [6, 6.07) is 21.2. The Morgan fingerprint density at radius 2 is 1.96 bits per heavy atom. The third-order valence-electron chi connectivity index (χ3n) is 5.05. The smallest absolute Gasteiger partial charge is 0.249 e. The monoisotopic (exact) mass is 357 g/mol. The molecule has 1 heterocycles. The van der Waals surface area contributed by atoms with Gasteiger partial charge in [0.25, 0.3) is 0 Å². The number of amides is 1. The van der Waals surface area contributed by atoms with Gasteiger partial charge in [-0.2, -0.15) is 0 Å². The molecule has 4 heteroatoms. The fraction of sp³-hybridized carbons (Fsp3) is 0.174. The van der Waals surface area contributed by atoms with E-state index in [0.29, 0.717) is 12.1 Å². The Balaban J connectivity index is 2.05. The minimum absolute atomic E-state index is 0.426. The van der Waals surface area contributed by atoms with Crippen LogP contribution < -0.4 is 10.5 Å². The summed E-state index contributed by atoms with van der Waals surface area (Å²) in [6.07, 6.45) is 0.922. The number of primary amides is 1. The molecule has 3 aromatic carbocycles. The maximum atomic E-state index is 12.0. The van der Waals surface area contributed by atoms with Crippen LogP contribution in [0, 0.1) is 6.07 Å². The fourth-order valence-corrected chi connectivity index (χ4v) is 3.68. The third kappa shape index (κ3) is 2.83. The predicted molar refractivity (Wildman–Crippen MR) is 108 cm³/mol. The topological polar surface area (TPSA) is 57.2 Å². The number of benzene rings is 3. The maximum Gasteiger partial charge on any atom is 0.249 e. The first-order valence-electron chi connectivity index (χ1n) is 9.01. The second kappa shape index (κ2) is 6.80. The number of fused-ring (bicyclic) bond motifs is 3. The highest BCUT2D eigenvalue weighted by Crippen LogP contribution is 2.33. The number of methoxy groups -OCH3 is 1. The quantitative estimate of drug-likeness (QED) is 0.578. The van der Waals surface area contributed by atoms with Crippen LogP contribution in [0.1, 0.15) is 28.4 Å². The van der Waals surface area contributed by atoms with E-state index in [-0.39, 0.29) is 0 Å². The highest BCUT2D eigenvalue weighted by molar-refractivity contribution is 6.17. The zero-order chi connectivity index (χ0) is 19.0. The normalized spacial score (nSPS) is 11.2. The summed E-state index contributed by atoms with van der Waals surface area (Å²) >= 11 is 0. The summed E-state index contributed by atoms with van der Waals surface area (Å²) in [5.41, 5.74) is 10.5. The molecule has 135 valence electrons. The van der Waals surface area contributed by atoms with Crippen LogP contribution in [-0.4, -0.2) is 17.6 Å². The Morgan fingerprint density at radius 3 is 2.70 bits per heavy atom. The first kappa shape index (κ1) is 17.2. The van der Waals surface area contributed by atoms with Gasteiger partial charge in [0.15, 0.2) is 0 Å². The third-order valence-corrected chi connectivity index (χ3v) is 5.05. The first-order valence-corrected chi connectivity index (χ1v) is 9.01. The van der Waals surface area contributed by atoms with Gasteiger partial charge in [-0.05, 0) is 42.3 Å². The molecule has 0 spiro atoms. The Hall–Kier alpha value is -3.27. The number of para-hydroxylation sites is 1. The van der Waals surface area contributed by atoms with Gasteiger partial charge in [-0.1, -0.05) is 37.3 Å². The lowest BCUT2D eigenvalue weighted by Crippen LogP contribution is -2.11. The highest BCUT2D eigenvalue weighted by atomic mass is 16.5. The van der Waals surface area contributed by atoms with Crippen LogP contribution in [-0.2, 0) is 13.0 Å². The van der Waals surface area contributed by atoms with Crippen LogP contribution >= 0.6 is 0 Å². The van der Waals surface area contributed by atoms with Gasteiger partial charge in [0.2, 0.25) is 5.91 Å². The van der Waals surface area contributed by atoms with E-state index in [4.69, 9.17) is 10.5 Å². The van der Waals surface area contributed by atoms with Gasteiger partial charge in [-0.25, -0.2) is 0 Å². The summed E-state index contributed by atoms with van der Waals surface area (Å²) in [5, 5.41) is 1.78. The number of nitrogens with two attached hydrogens (primary N) is 1. The van der Waals surface area contributed by atoms with Crippen molar-refractivity contribution in [1.82, 2.24) is 4.57 Å². The highest BCUT2D eigenvalue weighted by Gasteiger charge is 2.17. The average Bonchev–Trinajstić information content (AvgIpc) is 3.01. The molecule has 0 atom stereocenters. The summed E-state index contributed by atoms with van der Waals surface area (Å²) < 4.78 is 7.74. The van der Waals surface area contributed by atoms with Gasteiger partial charge < -0.3 is 15.0 Å². The minimum Gasteiger partial charge on any atom is -0.496 e. The minimum atomic E-state index is -0.426. The number of nitrogens with zero attached hydrogens (tertiary/aromatic N) is 1. The maximum absolute atomic E-state index is 12.0. The van der Waals surface area contributed by atoms with Crippen molar-refractivity contribution in [3.63, 3.8) is 0 Å². The molecule has 27 heavy (non-hydrogen) atoms. The van der Waals surface area contributed by atoms with Crippen molar-refractivity contribution in [3.05, 3.63) is 77.4 Å². The Bertz CT molecular complexity index is 1160. The van der Waals surface area contributed by atoms with Crippen LogP contribution in [0.5, 0.6) is 5.75 Å². The molecule has 4 nitrogen and oxygen atoms in total. The number of aromatic nitrogens is 1. The van der Waals surface area contributed by atoms with Crippen LogP contribution in [0.4, 0.5) is 0 Å². The van der Waals surface area contributed by atoms with E-state index in [1.807, 2.05) is 36.4 Å². The molecule has 1 radical (unpaired) electrons. The standard InChI is InChI=1S/C23H21N2O2/c1-3-15-11-12-17-20(13-15)25(14-16-7-4-5-10-21(16)27-2)19-9-6-8-18(22(17)19)23(24)26/h4-11,13H,3,14H2,1-2H3,(H2,24,26). The molecular formula is C23H21N2O2. The molecule has 1 aromatic heterocycles. The molecule has 0 aliphatic heterocycles. The van der Waals surface area contributed by atoms with Gasteiger partial charge in [0.05, 0.1) is 24.7 Å². The zero-order valence-corrected chi connectivity index (χ0v) is 15.5. The number of carbonyl (C=O) groups is 1. The van der Waals surface area contributed by atoms with E-state index in [2.05, 4.69) is 29.7 Å². The lowest BCUT2D eigenvalue weighted by Gasteiger charge is -2.12. The number of ether oxygens (including phenoxy) is 1. The van der Waals surface area contributed by atoms with Crippen molar-refractivity contribution >= 4 is 27.7 Å². The van der Waals surface area contributed by atoms with E-state index < -0.39 is 5.91 Å². The summed E-state index contributed by atoms with van der Waals surface area (Å²) in [6.45, 7) is 2.75. The van der Waals surface area contributed by atoms with Crippen LogP contribution in [0.25, 0.3) is 21.8 Å². The Kier molecular flexibility index (Phi) is 4.32. The van der Waals surface area contributed by atoms with E-state index in [9.17, 15) is 4.79 Å². The van der Waals surface area contributed by atoms with Crippen LogP contribution in [0.3, 0.4) is 0 Å². The molecule has 4 aromatic rings.